The molecule has 0 fully saturated rings. The van der Waals surface area contributed by atoms with Crippen LogP contribution in [0.2, 0.25) is 0 Å². The highest BCUT2D eigenvalue weighted by Crippen LogP contribution is 2.31. The van der Waals surface area contributed by atoms with Gasteiger partial charge in [-0.3, -0.25) is 29.4 Å². The third-order valence-corrected chi connectivity index (χ3v) is 4.66. The lowest BCUT2D eigenvalue weighted by Crippen LogP contribution is -2.35. The molecule has 2 aromatic rings. The maximum atomic E-state index is 12.5. The van der Waals surface area contributed by atoms with Crippen LogP contribution in [0.25, 0.3) is 5.70 Å². The quantitative estimate of drug-likeness (QED) is 0.410. The van der Waals surface area contributed by atoms with Crippen molar-refractivity contribution in [2.75, 3.05) is 19.0 Å². The fourth-order valence-corrected chi connectivity index (χ4v) is 3.06. The molecular formula is C21H19N3O7. The van der Waals surface area contributed by atoms with Crippen molar-refractivity contribution in [3.63, 3.8) is 0 Å². The Kier molecular flexibility index (Phi) is 6.00. The van der Waals surface area contributed by atoms with Gasteiger partial charge in [0.15, 0.2) is 6.10 Å². The summed E-state index contributed by atoms with van der Waals surface area (Å²) in [7, 11) is 1.35. The van der Waals surface area contributed by atoms with E-state index in [4.69, 9.17) is 9.47 Å². The molecule has 0 radical (unpaired) electrons. The summed E-state index contributed by atoms with van der Waals surface area (Å²) < 4.78 is 10.2. The van der Waals surface area contributed by atoms with Crippen molar-refractivity contribution >= 4 is 34.9 Å². The van der Waals surface area contributed by atoms with Crippen LogP contribution in [0.15, 0.2) is 49.0 Å². The van der Waals surface area contributed by atoms with Gasteiger partial charge in [0.25, 0.3) is 17.5 Å². The highest BCUT2D eigenvalue weighted by Gasteiger charge is 2.33. The van der Waals surface area contributed by atoms with Gasteiger partial charge in [0.1, 0.15) is 12.3 Å². The first-order valence-corrected chi connectivity index (χ1v) is 9.16. The van der Waals surface area contributed by atoms with Crippen molar-refractivity contribution in [2.24, 2.45) is 0 Å². The lowest BCUT2D eigenvalue weighted by molar-refractivity contribution is -0.384. The van der Waals surface area contributed by atoms with Gasteiger partial charge >= 0.3 is 5.97 Å². The second kappa shape index (κ2) is 8.66. The number of non-ortho nitro benzene ring substituents is 1. The summed E-state index contributed by atoms with van der Waals surface area (Å²) in [6.07, 6.45) is -1.23. The molecule has 0 aromatic heterocycles. The number of fused-ring (bicyclic) bond motifs is 1. The first kappa shape index (κ1) is 21.5. The molecule has 1 N–H and O–H groups in total. The van der Waals surface area contributed by atoms with E-state index >= 15 is 0 Å². The number of benzene rings is 2. The van der Waals surface area contributed by atoms with Crippen LogP contribution >= 0.6 is 0 Å². The highest BCUT2D eigenvalue weighted by molar-refractivity contribution is 6.10. The van der Waals surface area contributed by atoms with Gasteiger partial charge in [0.2, 0.25) is 0 Å². The molecule has 2 amide bonds. The van der Waals surface area contributed by atoms with Crippen molar-refractivity contribution in [3.8, 4) is 5.75 Å². The van der Waals surface area contributed by atoms with E-state index in [1.54, 1.807) is 24.3 Å². The van der Waals surface area contributed by atoms with E-state index in [0.717, 1.165) is 6.07 Å². The lowest BCUT2D eigenvalue weighted by atomic mass is 10.1. The minimum absolute atomic E-state index is 0.0585. The molecule has 0 saturated heterocycles. The van der Waals surface area contributed by atoms with E-state index in [-0.39, 0.29) is 23.0 Å². The number of nitro benzene ring substituents is 1. The number of anilines is 1. The highest BCUT2D eigenvalue weighted by atomic mass is 16.6. The van der Waals surface area contributed by atoms with Crippen LogP contribution in [0.5, 0.6) is 5.75 Å². The zero-order valence-corrected chi connectivity index (χ0v) is 16.8. The molecule has 1 heterocycles. The number of amides is 2. The predicted molar refractivity (Wildman–Crippen MR) is 110 cm³/mol. The Hall–Kier alpha value is -4.21. The van der Waals surface area contributed by atoms with Gasteiger partial charge < -0.3 is 14.8 Å². The van der Waals surface area contributed by atoms with E-state index in [2.05, 4.69) is 11.9 Å². The number of carbonyl (C=O) groups is 3. The van der Waals surface area contributed by atoms with Crippen LogP contribution in [-0.4, -0.2) is 47.4 Å². The Balaban J connectivity index is 1.64. The van der Waals surface area contributed by atoms with E-state index in [9.17, 15) is 24.5 Å². The van der Waals surface area contributed by atoms with Crippen molar-refractivity contribution < 1.29 is 28.8 Å². The number of ether oxygens (including phenoxy) is 2. The van der Waals surface area contributed by atoms with Crippen molar-refractivity contribution in [3.05, 3.63) is 70.3 Å². The SMILES string of the molecule is C=C1c2ccccc2C(=O)N1CC(=O)OC(C)C(=O)Nc1cc([N+](=O)[O-])ccc1OC. The number of esters is 1. The van der Waals surface area contributed by atoms with Crippen LogP contribution in [0, 0.1) is 10.1 Å². The third-order valence-electron chi connectivity index (χ3n) is 4.66. The number of nitrogens with zero attached hydrogens (tertiary/aromatic N) is 2. The number of rotatable bonds is 7. The zero-order valence-electron chi connectivity index (χ0n) is 16.8. The van der Waals surface area contributed by atoms with Crippen molar-refractivity contribution in [2.45, 2.75) is 13.0 Å². The fraction of sp³-hybridized carbons (Fsp3) is 0.190. The normalized spacial score (nSPS) is 13.4. The Labute approximate surface area is 177 Å². The second-order valence-corrected chi connectivity index (χ2v) is 6.65. The summed E-state index contributed by atoms with van der Waals surface area (Å²) in [6, 6.07) is 10.5. The van der Waals surface area contributed by atoms with E-state index < -0.39 is 29.4 Å². The van der Waals surface area contributed by atoms with Gasteiger partial charge in [-0.05, 0) is 19.1 Å². The number of nitrogens with one attached hydrogen (secondary N) is 1. The standard InChI is InChI=1S/C21H19N3O7/c1-12-15-6-4-5-7-16(15)21(27)23(12)11-19(25)31-13(2)20(26)22-17-10-14(24(28)29)8-9-18(17)30-3/h4-10,13H,1,11H2,2-3H3,(H,22,26). The molecule has 0 aliphatic carbocycles. The van der Waals surface area contributed by atoms with Gasteiger partial charge in [-0.1, -0.05) is 24.8 Å². The number of hydrogen-bond acceptors (Lipinski definition) is 7. The fourth-order valence-electron chi connectivity index (χ4n) is 3.06. The van der Waals surface area contributed by atoms with Crippen molar-refractivity contribution in [1.82, 2.24) is 4.90 Å². The lowest BCUT2D eigenvalue weighted by Gasteiger charge is -2.19. The second-order valence-electron chi connectivity index (χ2n) is 6.65. The number of methoxy groups -OCH3 is 1. The number of carbonyl (C=O) groups excluding carboxylic acids is 3. The largest absolute Gasteiger partial charge is 0.495 e. The van der Waals surface area contributed by atoms with Crippen LogP contribution in [0.4, 0.5) is 11.4 Å². The molecule has 160 valence electrons. The molecule has 1 atom stereocenters. The first-order valence-electron chi connectivity index (χ1n) is 9.16. The Morgan fingerprint density at radius 3 is 2.52 bits per heavy atom. The molecular weight excluding hydrogens is 406 g/mol. The molecule has 10 heteroatoms. The topological polar surface area (TPSA) is 128 Å². The molecule has 0 bridgehead atoms. The minimum Gasteiger partial charge on any atom is -0.495 e. The van der Waals surface area contributed by atoms with Gasteiger partial charge in [0, 0.05) is 29.0 Å². The third kappa shape index (κ3) is 4.37. The summed E-state index contributed by atoms with van der Waals surface area (Å²) in [6.45, 7) is 4.77. The Morgan fingerprint density at radius 2 is 1.90 bits per heavy atom. The van der Waals surface area contributed by atoms with Crippen LogP contribution in [0.3, 0.4) is 0 Å². The summed E-state index contributed by atoms with van der Waals surface area (Å²) in [5, 5.41) is 13.4. The molecule has 1 unspecified atom stereocenters. The molecule has 3 rings (SSSR count). The molecule has 0 saturated carbocycles. The number of nitro groups is 1. The molecule has 31 heavy (non-hydrogen) atoms. The van der Waals surface area contributed by atoms with Gasteiger partial charge in [-0.15, -0.1) is 0 Å². The molecule has 2 aromatic carbocycles. The zero-order chi connectivity index (χ0) is 22.7. The van der Waals surface area contributed by atoms with Gasteiger partial charge in [-0.25, -0.2) is 0 Å². The van der Waals surface area contributed by atoms with Crippen LogP contribution in [0.1, 0.15) is 22.8 Å². The van der Waals surface area contributed by atoms with Gasteiger partial charge in [0.05, 0.1) is 17.7 Å². The van der Waals surface area contributed by atoms with E-state index in [1.165, 1.54) is 31.1 Å². The monoisotopic (exact) mass is 425 g/mol. The molecule has 1 aliphatic rings. The average molecular weight is 425 g/mol. The van der Waals surface area contributed by atoms with Crippen LogP contribution in [-0.2, 0) is 14.3 Å². The summed E-state index contributed by atoms with van der Waals surface area (Å²) >= 11 is 0. The Morgan fingerprint density at radius 1 is 1.23 bits per heavy atom. The molecule has 1 aliphatic heterocycles. The number of hydrogen-bond donors (Lipinski definition) is 1. The van der Waals surface area contributed by atoms with Gasteiger partial charge in [-0.2, -0.15) is 0 Å². The predicted octanol–water partition coefficient (Wildman–Crippen LogP) is 2.60. The summed E-state index contributed by atoms with van der Waals surface area (Å²) in [5.74, 6) is -1.71. The molecule has 0 spiro atoms. The van der Waals surface area contributed by atoms with Crippen molar-refractivity contribution in [1.29, 1.82) is 0 Å². The Bertz CT molecular complexity index is 1060. The minimum atomic E-state index is -1.23. The summed E-state index contributed by atoms with van der Waals surface area (Å²) in [5.41, 5.74) is 1.25. The van der Waals surface area contributed by atoms with Crippen LogP contribution < -0.4 is 10.1 Å². The molecule has 10 nitrogen and oxygen atoms in total. The average Bonchev–Trinajstić information content (AvgIpc) is 2.98. The maximum Gasteiger partial charge on any atom is 0.326 e. The summed E-state index contributed by atoms with van der Waals surface area (Å²) in [4.78, 5) is 48.8. The van der Waals surface area contributed by atoms with E-state index in [1.807, 2.05) is 0 Å². The smallest absolute Gasteiger partial charge is 0.326 e. The van der Waals surface area contributed by atoms with E-state index in [0.29, 0.717) is 16.8 Å². The maximum absolute atomic E-state index is 12.5. The first-order chi connectivity index (χ1) is 14.7.